The summed E-state index contributed by atoms with van der Waals surface area (Å²) in [6, 6.07) is 1.26. The molecule has 0 aliphatic heterocycles. The molecule has 4 heteroatoms. The molecule has 0 amide bonds. The maximum atomic E-state index is 5.31. The summed E-state index contributed by atoms with van der Waals surface area (Å²) in [4.78, 5) is 0. The molecule has 0 saturated carbocycles. The minimum atomic E-state index is -0.208. The van der Waals surface area contributed by atoms with Crippen LogP contribution in [-0.4, -0.2) is 27.9 Å². The monoisotopic (exact) mass is 182 g/mol. The van der Waals surface area contributed by atoms with Crippen LogP contribution in [0.15, 0.2) is 0 Å². The van der Waals surface area contributed by atoms with E-state index in [1.54, 1.807) is 0 Å². The summed E-state index contributed by atoms with van der Waals surface area (Å²) in [5.74, 6) is 1.85. The van der Waals surface area contributed by atoms with Crippen molar-refractivity contribution in [2.45, 2.75) is 12.5 Å². The van der Waals surface area contributed by atoms with Crippen molar-refractivity contribution in [2.24, 2.45) is 0 Å². The highest BCUT2D eigenvalue weighted by molar-refractivity contribution is 7.80. The van der Waals surface area contributed by atoms with Gasteiger partial charge in [-0.1, -0.05) is 0 Å². The number of hydrogen-bond acceptors (Lipinski definition) is 3. The lowest BCUT2D eigenvalue weighted by Gasteiger charge is -1.98. The molecule has 0 spiro atoms. The zero-order chi connectivity index (χ0) is 6.95. The average Bonchev–Trinajstić information content (AvgIpc) is 1.89. The second-order valence-corrected chi connectivity index (χ2v) is 4.18. The van der Waals surface area contributed by atoms with Crippen LogP contribution < -0.4 is 0 Å². The molecule has 0 aromatic rings. The summed E-state index contributed by atoms with van der Waals surface area (Å²) in [7, 11) is -0.208. The Morgan fingerprint density at radius 1 is 1.22 bits per heavy atom. The molecule has 0 aromatic heterocycles. The van der Waals surface area contributed by atoms with Gasteiger partial charge >= 0.3 is 0 Å². The van der Waals surface area contributed by atoms with E-state index in [2.05, 4.69) is 25.3 Å². The molecule has 0 radical (unpaired) electrons. The molecule has 9 heavy (non-hydrogen) atoms. The van der Waals surface area contributed by atoms with Crippen molar-refractivity contribution in [1.82, 2.24) is 0 Å². The number of rotatable bonds is 6. The highest BCUT2D eigenvalue weighted by Crippen LogP contribution is 1.91. The quantitative estimate of drug-likeness (QED) is 0.350. The van der Waals surface area contributed by atoms with E-state index in [0.29, 0.717) is 0 Å². The van der Waals surface area contributed by atoms with E-state index in [-0.39, 0.29) is 9.76 Å². The van der Waals surface area contributed by atoms with Crippen molar-refractivity contribution in [3.8, 4) is 0 Å². The third-order valence-corrected chi connectivity index (χ3v) is 2.80. The first kappa shape index (κ1) is 9.88. The van der Waals surface area contributed by atoms with Crippen molar-refractivity contribution >= 4 is 35.0 Å². The SMILES string of the molecule is SCCC[SiH2]OCCS. The second-order valence-electron chi connectivity index (χ2n) is 1.77. The third-order valence-electron chi connectivity index (χ3n) is 0.932. The van der Waals surface area contributed by atoms with E-state index < -0.39 is 0 Å². The van der Waals surface area contributed by atoms with Gasteiger partial charge in [-0.05, 0) is 18.2 Å². The van der Waals surface area contributed by atoms with Crippen molar-refractivity contribution in [3.05, 3.63) is 0 Å². The number of hydrogen-bond donors (Lipinski definition) is 2. The van der Waals surface area contributed by atoms with E-state index in [4.69, 9.17) is 4.43 Å². The predicted octanol–water partition coefficient (Wildman–Crippen LogP) is 0.755. The van der Waals surface area contributed by atoms with Crippen molar-refractivity contribution in [3.63, 3.8) is 0 Å². The summed E-state index contributed by atoms with van der Waals surface area (Å²) < 4.78 is 5.31. The molecule has 0 fully saturated rings. The highest BCUT2D eigenvalue weighted by Gasteiger charge is 1.86. The Kier molecular flexibility index (Phi) is 9.74. The van der Waals surface area contributed by atoms with Crippen LogP contribution in [0.5, 0.6) is 0 Å². The Labute approximate surface area is 70.3 Å². The Hall–Kier alpha value is 0.877. The van der Waals surface area contributed by atoms with Gasteiger partial charge in [-0.15, -0.1) is 0 Å². The fraction of sp³-hybridized carbons (Fsp3) is 1.00. The lowest BCUT2D eigenvalue weighted by Crippen LogP contribution is -2.01. The van der Waals surface area contributed by atoms with Crippen LogP contribution in [0, 0.1) is 0 Å². The van der Waals surface area contributed by atoms with Crippen molar-refractivity contribution in [1.29, 1.82) is 0 Å². The van der Waals surface area contributed by atoms with Crippen LogP contribution in [0.2, 0.25) is 6.04 Å². The standard InChI is InChI=1S/C5H14OS2Si/c7-3-1-5-9-6-2-4-8/h7-8H,1-5,9H2. The van der Waals surface area contributed by atoms with Crippen LogP contribution in [0.4, 0.5) is 0 Å². The topological polar surface area (TPSA) is 9.23 Å². The molecule has 56 valence electrons. The van der Waals surface area contributed by atoms with Gasteiger partial charge in [0, 0.05) is 12.4 Å². The molecule has 0 aliphatic rings. The average molecular weight is 182 g/mol. The van der Waals surface area contributed by atoms with E-state index in [1.807, 2.05) is 0 Å². The predicted molar refractivity (Wildman–Crippen MR) is 51.6 cm³/mol. The zero-order valence-corrected chi connectivity index (χ0v) is 8.75. The van der Waals surface area contributed by atoms with Gasteiger partial charge in [0.15, 0.2) is 9.76 Å². The van der Waals surface area contributed by atoms with Gasteiger partial charge in [-0.2, -0.15) is 25.3 Å². The zero-order valence-electron chi connectivity index (χ0n) is 5.55. The maximum Gasteiger partial charge on any atom is 0.161 e. The van der Waals surface area contributed by atoms with Gasteiger partial charge < -0.3 is 4.43 Å². The summed E-state index contributed by atoms with van der Waals surface area (Å²) in [5.41, 5.74) is 0. The molecule has 0 unspecified atom stereocenters. The first-order valence-corrected chi connectivity index (χ1v) is 6.05. The van der Waals surface area contributed by atoms with Gasteiger partial charge in [0.2, 0.25) is 0 Å². The number of thiol groups is 2. The van der Waals surface area contributed by atoms with Gasteiger partial charge in [-0.25, -0.2) is 0 Å². The van der Waals surface area contributed by atoms with E-state index in [1.165, 1.54) is 12.5 Å². The fourth-order valence-electron chi connectivity index (χ4n) is 0.483. The molecule has 0 aromatic carbocycles. The first-order chi connectivity index (χ1) is 4.41. The van der Waals surface area contributed by atoms with E-state index in [9.17, 15) is 0 Å². The Bertz CT molecular complexity index is 48.2. The summed E-state index contributed by atoms with van der Waals surface area (Å²) >= 11 is 8.13. The minimum Gasteiger partial charge on any atom is -0.423 e. The van der Waals surface area contributed by atoms with Gasteiger partial charge in [0.25, 0.3) is 0 Å². The largest absolute Gasteiger partial charge is 0.423 e. The van der Waals surface area contributed by atoms with Crippen molar-refractivity contribution < 1.29 is 4.43 Å². The highest BCUT2D eigenvalue weighted by atomic mass is 32.1. The van der Waals surface area contributed by atoms with Crippen LogP contribution in [0.25, 0.3) is 0 Å². The summed E-state index contributed by atoms with van der Waals surface area (Å²) in [6.07, 6.45) is 1.21. The molecule has 0 bridgehead atoms. The third kappa shape index (κ3) is 8.88. The van der Waals surface area contributed by atoms with E-state index in [0.717, 1.165) is 18.1 Å². The molecule has 0 heterocycles. The Balaban J connectivity index is 2.60. The first-order valence-electron chi connectivity index (χ1n) is 3.21. The molecule has 0 N–H and O–H groups in total. The van der Waals surface area contributed by atoms with Crippen molar-refractivity contribution in [2.75, 3.05) is 18.1 Å². The molecule has 0 atom stereocenters. The molecular formula is C5H14OS2Si. The molecular weight excluding hydrogens is 168 g/mol. The van der Waals surface area contributed by atoms with Gasteiger partial charge in [0.1, 0.15) is 0 Å². The molecule has 0 aliphatic carbocycles. The van der Waals surface area contributed by atoms with Gasteiger partial charge in [-0.3, -0.25) is 0 Å². The summed E-state index contributed by atoms with van der Waals surface area (Å²) in [6.45, 7) is 0.835. The Morgan fingerprint density at radius 3 is 2.56 bits per heavy atom. The minimum absolute atomic E-state index is 0.208. The van der Waals surface area contributed by atoms with Crippen LogP contribution >= 0.6 is 25.3 Å². The lowest BCUT2D eigenvalue weighted by molar-refractivity contribution is 0.364. The van der Waals surface area contributed by atoms with Crippen LogP contribution in [0.3, 0.4) is 0 Å². The molecule has 1 nitrogen and oxygen atoms in total. The fourth-order valence-corrected chi connectivity index (χ4v) is 2.51. The molecule has 0 rings (SSSR count). The van der Waals surface area contributed by atoms with E-state index >= 15 is 0 Å². The molecule has 0 saturated heterocycles. The van der Waals surface area contributed by atoms with Gasteiger partial charge in [0.05, 0.1) is 0 Å². The smallest absolute Gasteiger partial charge is 0.161 e. The lowest BCUT2D eigenvalue weighted by atomic mass is 10.6. The van der Waals surface area contributed by atoms with Crippen LogP contribution in [0.1, 0.15) is 6.42 Å². The second kappa shape index (κ2) is 8.88. The maximum absolute atomic E-state index is 5.31. The normalized spacial score (nSPS) is 11.3. The Morgan fingerprint density at radius 2 is 2.00 bits per heavy atom. The van der Waals surface area contributed by atoms with Crippen LogP contribution in [-0.2, 0) is 4.43 Å². The summed E-state index contributed by atoms with van der Waals surface area (Å²) in [5, 5.41) is 0.